The van der Waals surface area contributed by atoms with Gasteiger partial charge in [-0.05, 0) is 29.3 Å². The van der Waals surface area contributed by atoms with Gasteiger partial charge < -0.3 is 0 Å². The number of hydrogen-bond donors (Lipinski definition) is 4. The van der Waals surface area contributed by atoms with Gasteiger partial charge in [-0.3, -0.25) is 25.0 Å². The van der Waals surface area contributed by atoms with E-state index in [2.05, 4.69) is 9.97 Å². The largest absolute Gasteiger partial charge is 0.294 e. The summed E-state index contributed by atoms with van der Waals surface area (Å²) in [6.07, 6.45) is 4.59. The van der Waals surface area contributed by atoms with Gasteiger partial charge in [-0.15, -0.1) is 23.5 Å². The molecule has 4 rings (SSSR count). The first-order valence-corrected chi connectivity index (χ1v) is 12.7. The smallest absolute Gasteiger partial charge is 0.288 e. The lowest BCUT2D eigenvalue weighted by molar-refractivity contribution is 0.0695. The minimum atomic E-state index is -0.592. The summed E-state index contributed by atoms with van der Waals surface area (Å²) in [5.74, 6) is 0.374. The normalized spacial score (nSPS) is 10.1. The number of nitrogens with one attached hydrogen (secondary N) is 2. The zero-order valence-electron chi connectivity index (χ0n) is 19.1. The summed E-state index contributed by atoms with van der Waals surface area (Å²) in [5, 5.41) is 17.3. The van der Waals surface area contributed by atoms with Gasteiger partial charge in [0, 0.05) is 39.9 Å². The minimum Gasteiger partial charge on any atom is -0.288 e. The molecule has 2 heterocycles. The van der Waals surface area contributed by atoms with Crippen molar-refractivity contribution in [2.45, 2.75) is 21.3 Å². The highest BCUT2D eigenvalue weighted by Crippen LogP contribution is 2.26. The minimum absolute atomic E-state index is 0.237. The van der Waals surface area contributed by atoms with E-state index in [4.69, 9.17) is 10.4 Å². The van der Waals surface area contributed by atoms with Crippen LogP contribution in [-0.4, -0.2) is 32.2 Å². The molecule has 0 unspecified atom stereocenters. The highest BCUT2D eigenvalue weighted by atomic mass is 32.2. The number of carbonyl (C=O) groups excluding carboxylic acids is 2. The van der Waals surface area contributed by atoms with Crippen molar-refractivity contribution in [3.05, 3.63) is 120 Å². The molecule has 10 heteroatoms. The van der Waals surface area contributed by atoms with E-state index in [1.54, 1.807) is 29.3 Å². The summed E-state index contributed by atoms with van der Waals surface area (Å²) in [6, 6.07) is 25.3. The molecule has 0 aliphatic rings. The number of carbonyl (C=O) groups is 2. The molecule has 2 aromatic heterocycles. The van der Waals surface area contributed by atoms with Crippen molar-refractivity contribution in [3.63, 3.8) is 0 Å². The van der Waals surface area contributed by atoms with E-state index < -0.39 is 11.8 Å². The Morgan fingerprint density at radius 2 is 1.28 bits per heavy atom. The van der Waals surface area contributed by atoms with Crippen LogP contribution in [0.15, 0.2) is 107 Å². The van der Waals surface area contributed by atoms with Crippen molar-refractivity contribution < 1.29 is 20.0 Å². The van der Waals surface area contributed by atoms with E-state index >= 15 is 0 Å². The first-order chi connectivity index (χ1) is 17.6. The molecule has 0 aliphatic heterocycles. The average Bonchev–Trinajstić information content (AvgIpc) is 2.96. The molecule has 4 aromatic rings. The summed E-state index contributed by atoms with van der Waals surface area (Å²) in [4.78, 5) is 32.2. The molecule has 0 saturated heterocycles. The zero-order chi connectivity index (χ0) is 25.6. The Morgan fingerprint density at radius 3 is 1.86 bits per heavy atom. The summed E-state index contributed by atoms with van der Waals surface area (Å²) < 4.78 is 0. The second-order valence-corrected chi connectivity index (χ2v) is 9.19. The van der Waals surface area contributed by atoms with Crippen LogP contribution in [0.5, 0.6) is 0 Å². The molecule has 4 N–H and O–H groups in total. The molecule has 0 saturated carbocycles. The van der Waals surface area contributed by atoms with E-state index in [0.717, 1.165) is 21.3 Å². The summed E-state index contributed by atoms with van der Waals surface area (Å²) in [5.41, 5.74) is 6.19. The number of amides is 2. The van der Waals surface area contributed by atoms with Crippen LogP contribution in [0.2, 0.25) is 0 Å². The zero-order valence-corrected chi connectivity index (χ0v) is 20.7. The lowest BCUT2D eigenvalue weighted by Crippen LogP contribution is -2.20. The van der Waals surface area contributed by atoms with Crippen LogP contribution in [-0.2, 0) is 11.5 Å². The Hall–Kier alpha value is -3.70. The molecule has 2 aromatic carbocycles. The maximum Gasteiger partial charge on any atom is 0.294 e. The van der Waals surface area contributed by atoms with Crippen LogP contribution in [0.3, 0.4) is 0 Å². The van der Waals surface area contributed by atoms with Gasteiger partial charge in [-0.1, -0.05) is 60.7 Å². The third-order valence-electron chi connectivity index (χ3n) is 4.69. The van der Waals surface area contributed by atoms with Gasteiger partial charge in [0.2, 0.25) is 0 Å². The fourth-order valence-corrected chi connectivity index (χ4v) is 4.88. The van der Waals surface area contributed by atoms with E-state index in [0.29, 0.717) is 5.56 Å². The molecule has 184 valence electrons. The molecule has 0 aliphatic carbocycles. The Balaban J connectivity index is 0.000000201. The first-order valence-electron chi connectivity index (χ1n) is 10.7. The molecule has 0 atom stereocenters. The number of benzene rings is 2. The van der Waals surface area contributed by atoms with Crippen LogP contribution < -0.4 is 11.0 Å². The quantitative estimate of drug-likeness (QED) is 0.146. The van der Waals surface area contributed by atoms with Crippen LogP contribution in [0, 0.1) is 0 Å². The standard InChI is InChI=1S/2C13H12N2O2S/c16-13(15-17)12-11(7-4-8-14-12)18-9-10-5-2-1-3-6-10;16-13(15-17)11-8-14-7-6-12(11)18-9-10-4-2-1-3-5-10/h2*1-8,17H,9H2,(H,15,16). The van der Waals surface area contributed by atoms with Gasteiger partial charge in [-0.25, -0.2) is 15.9 Å². The predicted molar refractivity (Wildman–Crippen MR) is 139 cm³/mol. The fraction of sp³-hybridized carbons (Fsp3) is 0.0769. The summed E-state index contributed by atoms with van der Waals surface area (Å²) in [7, 11) is 0. The number of thioether (sulfide) groups is 2. The van der Waals surface area contributed by atoms with Gasteiger partial charge >= 0.3 is 0 Å². The number of hydrogen-bond acceptors (Lipinski definition) is 8. The maximum absolute atomic E-state index is 11.4. The number of pyridine rings is 2. The topological polar surface area (TPSA) is 124 Å². The molecule has 2 amide bonds. The van der Waals surface area contributed by atoms with Crippen molar-refractivity contribution >= 4 is 35.3 Å². The van der Waals surface area contributed by atoms with Crippen LogP contribution in [0.1, 0.15) is 32.0 Å². The van der Waals surface area contributed by atoms with Crippen molar-refractivity contribution in [2.75, 3.05) is 0 Å². The van der Waals surface area contributed by atoms with Crippen molar-refractivity contribution in [1.82, 2.24) is 20.9 Å². The molecule has 8 nitrogen and oxygen atoms in total. The Kier molecular flexibility index (Phi) is 10.9. The Morgan fingerprint density at radius 1 is 0.694 bits per heavy atom. The van der Waals surface area contributed by atoms with Gasteiger partial charge in [0.15, 0.2) is 0 Å². The molecule has 36 heavy (non-hydrogen) atoms. The molecule has 0 spiro atoms. The summed E-state index contributed by atoms with van der Waals surface area (Å²) in [6.45, 7) is 0. The van der Waals surface area contributed by atoms with Gasteiger partial charge in [0.1, 0.15) is 5.69 Å². The lowest BCUT2D eigenvalue weighted by Gasteiger charge is -2.06. The lowest BCUT2D eigenvalue weighted by atomic mass is 10.2. The molecular weight excluding hydrogens is 496 g/mol. The van der Waals surface area contributed by atoms with Crippen LogP contribution in [0.4, 0.5) is 0 Å². The molecule has 0 radical (unpaired) electrons. The fourth-order valence-electron chi connectivity index (χ4n) is 2.94. The third kappa shape index (κ3) is 8.21. The Bertz CT molecular complexity index is 1160. The molecule has 0 fully saturated rings. The first kappa shape index (κ1) is 26.9. The second-order valence-electron chi connectivity index (χ2n) is 7.15. The van der Waals surface area contributed by atoms with Crippen molar-refractivity contribution in [3.8, 4) is 0 Å². The van der Waals surface area contributed by atoms with E-state index in [9.17, 15) is 9.59 Å². The number of aromatic nitrogens is 2. The Labute approximate surface area is 217 Å². The van der Waals surface area contributed by atoms with E-state index in [-0.39, 0.29) is 5.69 Å². The van der Waals surface area contributed by atoms with E-state index in [1.165, 1.54) is 47.0 Å². The maximum atomic E-state index is 11.4. The van der Waals surface area contributed by atoms with Gasteiger partial charge in [-0.2, -0.15) is 0 Å². The number of nitrogens with zero attached hydrogens (tertiary/aromatic N) is 2. The highest BCUT2D eigenvalue weighted by Gasteiger charge is 2.12. The van der Waals surface area contributed by atoms with Gasteiger partial charge in [0.25, 0.3) is 11.8 Å². The van der Waals surface area contributed by atoms with Crippen LogP contribution in [0.25, 0.3) is 0 Å². The monoisotopic (exact) mass is 520 g/mol. The van der Waals surface area contributed by atoms with Gasteiger partial charge in [0.05, 0.1) is 5.56 Å². The molecule has 0 bridgehead atoms. The second kappa shape index (κ2) is 14.6. The SMILES string of the molecule is O=C(NO)c1cnccc1SCc1ccccc1.O=C(NO)c1ncccc1SCc1ccccc1. The van der Waals surface area contributed by atoms with Crippen LogP contribution >= 0.6 is 23.5 Å². The number of hydroxylamine groups is 2. The predicted octanol–water partition coefficient (Wildman–Crippen LogP) is 4.99. The van der Waals surface area contributed by atoms with Crippen molar-refractivity contribution in [2.24, 2.45) is 0 Å². The van der Waals surface area contributed by atoms with E-state index in [1.807, 2.05) is 66.7 Å². The molecular formula is C26H24N4O4S2. The highest BCUT2D eigenvalue weighted by molar-refractivity contribution is 7.98. The van der Waals surface area contributed by atoms with Crippen molar-refractivity contribution in [1.29, 1.82) is 0 Å². The number of rotatable bonds is 8. The summed E-state index contributed by atoms with van der Waals surface area (Å²) >= 11 is 3.04. The average molecular weight is 521 g/mol. The third-order valence-corrected chi connectivity index (χ3v) is 6.95.